The molecule has 1 N–H and O–H groups in total. The van der Waals surface area contributed by atoms with Gasteiger partial charge < -0.3 is 19.4 Å². The molecule has 1 atom stereocenters. The van der Waals surface area contributed by atoms with E-state index in [2.05, 4.69) is 10.1 Å². The molecule has 1 spiro atoms. The maximum Gasteiger partial charge on any atom is 0.168 e. The highest BCUT2D eigenvalue weighted by molar-refractivity contribution is 6.02. The predicted molar refractivity (Wildman–Crippen MR) is 108 cm³/mol. The molecular weight excluding hydrogens is 368 g/mol. The van der Waals surface area contributed by atoms with Gasteiger partial charge in [-0.05, 0) is 30.3 Å². The molecule has 7 heteroatoms. The fourth-order valence-corrected chi connectivity index (χ4v) is 2.66. The van der Waals surface area contributed by atoms with Crippen LogP contribution < -0.4 is 4.74 Å². The van der Waals surface area contributed by atoms with Crippen molar-refractivity contribution in [1.82, 2.24) is 4.98 Å². The highest BCUT2D eigenvalue weighted by Crippen LogP contribution is 2.35. The van der Waals surface area contributed by atoms with E-state index in [-0.39, 0.29) is 23.8 Å². The van der Waals surface area contributed by atoms with Gasteiger partial charge in [0.15, 0.2) is 17.1 Å². The van der Waals surface area contributed by atoms with Crippen molar-refractivity contribution in [2.24, 2.45) is 5.16 Å². The first kappa shape index (κ1) is 22.7. The zero-order valence-electron chi connectivity index (χ0n) is 15.9. The topological polar surface area (TPSA) is 73.2 Å². The normalized spacial score (nSPS) is 19.4. The zero-order valence-corrected chi connectivity index (χ0v) is 16.7. The van der Waals surface area contributed by atoms with Crippen LogP contribution in [-0.4, -0.2) is 41.7 Å². The Hall–Kier alpha value is -2.31. The van der Waals surface area contributed by atoms with Crippen LogP contribution in [0.5, 0.6) is 11.5 Å². The summed E-state index contributed by atoms with van der Waals surface area (Å²) in [6, 6.07) is 11.0. The summed E-state index contributed by atoms with van der Waals surface area (Å²) in [6.45, 7) is 5.30. The number of phenols is 1. The highest BCUT2D eigenvalue weighted by Gasteiger charge is 2.43. The van der Waals surface area contributed by atoms with Crippen molar-refractivity contribution in [3.05, 3.63) is 54.4 Å². The third kappa shape index (κ3) is 6.12. The standard InChI is InChI=1S/C13H15NO4.C5H5N.C2H6.ClH/c1-16-12-3-2-9(6-11(12)15)10-7-13(18-14-10)4-5-17-8-13;1-2-4-6-5-3-1;1-2;/h2-3,6,15H,4-5,7-8H2,1H3;1-5H;1-2H3;1H. The quantitative estimate of drug-likeness (QED) is 0.825. The van der Waals surface area contributed by atoms with Crippen molar-refractivity contribution in [2.45, 2.75) is 32.3 Å². The summed E-state index contributed by atoms with van der Waals surface area (Å²) in [7, 11) is 1.52. The number of hydrogen-bond acceptors (Lipinski definition) is 6. The van der Waals surface area contributed by atoms with Gasteiger partial charge in [-0.25, -0.2) is 0 Å². The Balaban J connectivity index is 0.000000344. The molecule has 3 heterocycles. The van der Waals surface area contributed by atoms with E-state index in [0.717, 1.165) is 30.7 Å². The van der Waals surface area contributed by atoms with Gasteiger partial charge in [0, 0.05) is 30.8 Å². The molecule has 2 aliphatic rings. The third-order valence-corrected chi connectivity index (χ3v) is 3.98. The number of oxime groups is 1. The summed E-state index contributed by atoms with van der Waals surface area (Å²) in [5, 5.41) is 13.9. The molecule has 2 aliphatic heterocycles. The maximum absolute atomic E-state index is 9.76. The smallest absolute Gasteiger partial charge is 0.168 e. The van der Waals surface area contributed by atoms with Gasteiger partial charge >= 0.3 is 0 Å². The second-order valence-corrected chi connectivity index (χ2v) is 5.70. The van der Waals surface area contributed by atoms with Crippen molar-refractivity contribution in [3.8, 4) is 11.5 Å². The van der Waals surface area contributed by atoms with Crippen molar-refractivity contribution in [3.63, 3.8) is 0 Å². The lowest BCUT2D eigenvalue weighted by molar-refractivity contribution is -0.0237. The van der Waals surface area contributed by atoms with E-state index in [9.17, 15) is 5.11 Å². The fourth-order valence-electron chi connectivity index (χ4n) is 2.66. The number of pyridine rings is 1. The number of benzene rings is 1. The summed E-state index contributed by atoms with van der Waals surface area (Å²) < 4.78 is 10.4. The monoisotopic (exact) mass is 394 g/mol. The molecule has 0 bridgehead atoms. The molecule has 1 saturated heterocycles. The van der Waals surface area contributed by atoms with Gasteiger partial charge in [-0.1, -0.05) is 25.1 Å². The van der Waals surface area contributed by atoms with E-state index >= 15 is 0 Å². The first-order valence-corrected chi connectivity index (χ1v) is 8.78. The number of ether oxygens (including phenoxy) is 2. The van der Waals surface area contributed by atoms with Gasteiger partial charge in [0.25, 0.3) is 0 Å². The van der Waals surface area contributed by atoms with Crippen LogP contribution >= 0.6 is 12.4 Å². The Bertz CT molecular complexity index is 678. The molecule has 148 valence electrons. The van der Waals surface area contributed by atoms with E-state index in [0.29, 0.717) is 12.4 Å². The van der Waals surface area contributed by atoms with Crippen LogP contribution in [0.25, 0.3) is 0 Å². The number of hydrogen-bond donors (Lipinski definition) is 1. The van der Waals surface area contributed by atoms with Gasteiger partial charge in [0.05, 0.1) is 26.0 Å². The summed E-state index contributed by atoms with van der Waals surface area (Å²) in [6.07, 6.45) is 5.08. The molecular formula is C20H27ClN2O4. The van der Waals surface area contributed by atoms with E-state index in [1.54, 1.807) is 24.5 Å². The van der Waals surface area contributed by atoms with Crippen LogP contribution in [0.3, 0.4) is 0 Å². The first-order valence-electron chi connectivity index (χ1n) is 8.78. The molecule has 2 aromatic rings. The van der Waals surface area contributed by atoms with Gasteiger partial charge in [-0.2, -0.15) is 0 Å². The molecule has 0 aliphatic carbocycles. The average Bonchev–Trinajstić information content (AvgIpc) is 3.35. The molecule has 6 nitrogen and oxygen atoms in total. The third-order valence-electron chi connectivity index (χ3n) is 3.98. The van der Waals surface area contributed by atoms with Gasteiger partial charge in [-0.15, -0.1) is 12.4 Å². The Kier molecular flexibility index (Phi) is 9.61. The van der Waals surface area contributed by atoms with Crippen molar-refractivity contribution in [2.75, 3.05) is 20.3 Å². The lowest BCUT2D eigenvalue weighted by Gasteiger charge is -2.17. The minimum atomic E-state index is -0.287. The highest BCUT2D eigenvalue weighted by atomic mass is 35.5. The van der Waals surface area contributed by atoms with Crippen molar-refractivity contribution >= 4 is 18.1 Å². The van der Waals surface area contributed by atoms with Crippen molar-refractivity contribution in [1.29, 1.82) is 0 Å². The van der Waals surface area contributed by atoms with E-state index in [1.165, 1.54) is 7.11 Å². The maximum atomic E-state index is 9.76. The molecule has 1 fully saturated rings. The van der Waals surface area contributed by atoms with Crippen LogP contribution in [0.15, 0.2) is 53.9 Å². The van der Waals surface area contributed by atoms with E-state index in [1.807, 2.05) is 38.1 Å². The van der Waals surface area contributed by atoms with Crippen molar-refractivity contribution < 1.29 is 19.4 Å². The molecule has 4 rings (SSSR count). The summed E-state index contributed by atoms with van der Waals surface area (Å²) in [5.41, 5.74) is 1.42. The van der Waals surface area contributed by atoms with Crippen LogP contribution in [0.1, 0.15) is 32.3 Å². The van der Waals surface area contributed by atoms with E-state index < -0.39 is 0 Å². The average molecular weight is 395 g/mol. The SMILES string of the molecule is CC.COc1ccc(C2=NOC3(CCOC3)C2)cc1O.Cl.c1ccncc1. The molecule has 0 radical (unpaired) electrons. The predicted octanol–water partition coefficient (Wildman–Crippen LogP) is 4.21. The Labute approximate surface area is 166 Å². The largest absolute Gasteiger partial charge is 0.504 e. The van der Waals surface area contributed by atoms with Crippen LogP contribution in [0.2, 0.25) is 0 Å². The second kappa shape index (κ2) is 11.4. The van der Waals surface area contributed by atoms with Crippen LogP contribution in [0.4, 0.5) is 0 Å². The molecule has 1 aromatic carbocycles. The molecule has 0 saturated carbocycles. The van der Waals surface area contributed by atoms with Crippen LogP contribution in [-0.2, 0) is 9.57 Å². The molecule has 1 aromatic heterocycles. The van der Waals surface area contributed by atoms with Gasteiger partial charge in [-0.3, -0.25) is 4.98 Å². The Morgan fingerprint density at radius 2 is 1.89 bits per heavy atom. The number of aromatic nitrogens is 1. The molecule has 27 heavy (non-hydrogen) atoms. The molecule has 0 amide bonds. The Morgan fingerprint density at radius 3 is 2.37 bits per heavy atom. The van der Waals surface area contributed by atoms with Gasteiger partial charge in [0.1, 0.15) is 0 Å². The lowest BCUT2D eigenvalue weighted by Crippen LogP contribution is -2.29. The Morgan fingerprint density at radius 1 is 1.15 bits per heavy atom. The number of aromatic hydroxyl groups is 1. The van der Waals surface area contributed by atoms with Gasteiger partial charge in [0.2, 0.25) is 0 Å². The summed E-state index contributed by atoms with van der Waals surface area (Å²) in [5.74, 6) is 0.568. The lowest BCUT2D eigenvalue weighted by atomic mass is 9.93. The second-order valence-electron chi connectivity index (χ2n) is 5.70. The number of phenolic OH excluding ortho intramolecular Hbond substituents is 1. The number of rotatable bonds is 2. The number of halogens is 1. The zero-order chi connectivity index (χ0) is 18.8. The minimum absolute atomic E-state index is 0. The first-order chi connectivity index (χ1) is 12.7. The summed E-state index contributed by atoms with van der Waals surface area (Å²) >= 11 is 0. The molecule has 1 unspecified atom stereocenters. The minimum Gasteiger partial charge on any atom is -0.504 e. The summed E-state index contributed by atoms with van der Waals surface area (Å²) in [4.78, 5) is 9.30. The van der Waals surface area contributed by atoms with E-state index in [4.69, 9.17) is 14.3 Å². The number of nitrogens with zero attached hydrogens (tertiary/aromatic N) is 2. The number of methoxy groups -OCH3 is 1. The fraction of sp³-hybridized carbons (Fsp3) is 0.400. The van der Waals surface area contributed by atoms with Crippen LogP contribution in [0, 0.1) is 0 Å².